The molecule has 6 nitrogen and oxygen atoms in total. The molecule has 1 saturated carbocycles. The molecule has 1 aromatic rings. The van der Waals surface area contributed by atoms with Gasteiger partial charge in [0.1, 0.15) is 0 Å². The van der Waals surface area contributed by atoms with Crippen LogP contribution < -0.4 is 5.32 Å². The average Bonchev–Trinajstić information content (AvgIpc) is 3.39. The average molecular weight is 329 g/mol. The van der Waals surface area contributed by atoms with Gasteiger partial charge in [0.25, 0.3) is 5.91 Å². The van der Waals surface area contributed by atoms with Gasteiger partial charge < -0.3 is 15.0 Å². The fourth-order valence-corrected chi connectivity index (χ4v) is 4.18. The summed E-state index contributed by atoms with van der Waals surface area (Å²) in [5, 5.41) is 2.79. The Morgan fingerprint density at radius 3 is 3.00 bits per heavy atom. The normalized spacial score (nSPS) is 29.2. The lowest BCUT2D eigenvalue weighted by Gasteiger charge is -2.36. The van der Waals surface area contributed by atoms with Gasteiger partial charge in [-0.25, -0.2) is 0 Å². The maximum atomic E-state index is 13.1. The van der Waals surface area contributed by atoms with Gasteiger partial charge in [-0.3, -0.25) is 14.6 Å². The van der Waals surface area contributed by atoms with Crippen LogP contribution in [-0.2, 0) is 9.53 Å². The fraction of sp³-hybridized carbons (Fsp3) is 0.611. The Hall–Kier alpha value is -1.95. The van der Waals surface area contributed by atoms with Gasteiger partial charge in [0.05, 0.1) is 23.3 Å². The molecule has 2 amide bonds. The smallest absolute Gasteiger partial charge is 0.255 e. The molecule has 0 spiro atoms. The number of amides is 2. The van der Waals surface area contributed by atoms with Crippen molar-refractivity contribution < 1.29 is 14.3 Å². The van der Waals surface area contributed by atoms with E-state index in [0.717, 1.165) is 18.5 Å². The van der Waals surface area contributed by atoms with E-state index < -0.39 is 5.41 Å². The van der Waals surface area contributed by atoms with Crippen molar-refractivity contribution in [2.24, 2.45) is 11.3 Å². The molecule has 3 aliphatic rings. The first-order valence-corrected chi connectivity index (χ1v) is 8.70. The van der Waals surface area contributed by atoms with E-state index in [4.69, 9.17) is 4.74 Å². The maximum absolute atomic E-state index is 13.1. The highest BCUT2D eigenvalue weighted by molar-refractivity contribution is 5.96. The van der Waals surface area contributed by atoms with Crippen molar-refractivity contribution in [2.75, 3.05) is 33.4 Å². The lowest BCUT2D eigenvalue weighted by Crippen LogP contribution is -2.49. The third-order valence-corrected chi connectivity index (χ3v) is 5.71. The van der Waals surface area contributed by atoms with Crippen LogP contribution in [0.2, 0.25) is 0 Å². The molecule has 2 saturated heterocycles. The van der Waals surface area contributed by atoms with Crippen molar-refractivity contribution in [1.29, 1.82) is 0 Å². The Labute approximate surface area is 141 Å². The first-order chi connectivity index (χ1) is 11.7. The standard InChI is InChI=1S/C18H23N3O3/c1-19-17(23)18-6-8-24-10-13(18)9-21(11-18)16(22)14-3-2-7-20-15(14)12-4-5-12/h2-3,7,12-13H,4-6,8-11H2,1H3,(H,19,23)/t13-,18+/m1/s1. The van der Waals surface area contributed by atoms with Crippen molar-refractivity contribution in [1.82, 2.24) is 15.2 Å². The number of likely N-dealkylation sites (tertiary alicyclic amines) is 1. The zero-order chi connectivity index (χ0) is 16.7. The number of rotatable bonds is 3. The van der Waals surface area contributed by atoms with E-state index in [2.05, 4.69) is 10.3 Å². The highest BCUT2D eigenvalue weighted by Crippen LogP contribution is 2.44. The topological polar surface area (TPSA) is 71.5 Å². The summed E-state index contributed by atoms with van der Waals surface area (Å²) < 4.78 is 5.58. The molecule has 1 aliphatic carbocycles. The summed E-state index contributed by atoms with van der Waals surface area (Å²) in [5.74, 6) is 0.518. The lowest BCUT2D eigenvalue weighted by molar-refractivity contribution is -0.138. The Morgan fingerprint density at radius 2 is 2.25 bits per heavy atom. The number of aromatic nitrogens is 1. The van der Waals surface area contributed by atoms with E-state index in [-0.39, 0.29) is 17.7 Å². The van der Waals surface area contributed by atoms with E-state index in [1.54, 1.807) is 13.2 Å². The molecule has 0 unspecified atom stereocenters. The van der Waals surface area contributed by atoms with E-state index in [9.17, 15) is 9.59 Å². The fourth-order valence-electron chi connectivity index (χ4n) is 4.18. The minimum atomic E-state index is -0.509. The van der Waals surface area contributed by atoms with E-state index in [0.29, 0.717) is 44.2 Å². The summed E-state index contributed by atoms with van der Waals surface area (Å²) in [6.07, 6.45) is 4.64. The Kier molecular flexibility index (Phi) is 3.79. The van der Waals surface area contributed by atoms with Gasteiger partial charge in [0.2, 0.25) is 5.91 Å². The molecule has 1 N–H and O–H groups in total. The largest absolute Gasteiger partial charge is 0.381 e. The molecule has 128 valence electrons. The Morgan fingerprint density at radius 1 is 1.42 bits per heavy atom. The van der Waals surface area contributed by atoms with Crippen molar-refractivity contribution in [3.63, 3.8) is 0 Å². The van der Waals surface area contributed by atoms with Crippen LogP contribution in [0.3, 0.4) is 0 Å². The van der Waals surface area contributed by atoms with Gasteiger partial charge >= 0.3 is 0 Å². The number of ether oxygens (including phenoxy) is 1. The number of pyridine rings is 1. The van der Waals surface area contributed by atoms with Gasteiger partial charge in [-0.2, -0.15) is 0 Å². The molecule has 2 atom stereocenters. The van der Waals surface area contributed by atoms with Gasteiger partial charge in [0.15, 0.2) is 0 Å². The molecule has 6 heteroatoms. The number of carbonyl (C=O) groups excluding carboxylic acids is 2. The van der Waals surface area contributed by atoms with Crippen molar-refractivity contribution in [3.8, 4) is 0 Å². The van der Waals surface area contributed by atoms with E-state index in [1.165, 1.54) is 0 Å². The minimum absolute atomic E-state index is 0.00248. The number of fused-ring (bicyclic) bond motifs is 1. The quantitative estimate of drug-likeness (QED) is 0.904. The van der Waals surface area contributed by atoms with Crippen LogP contribution in [0.5, 0.6) is 0 Å². The first kappa shape index (κ1) is 15.6. The number of nitrogens with one attached hydrogen (secondary N) is 1. The Balaban J connectivity index is 1.62. The predicted octanol–water partition coefficient (Wildman–Crippen LogP) is 1.18. The third-order valence-electron chi connectivity index (χ3n) is 5.71. The summed E-state index contributed by atoms with van der Waals surface area (Å²) in [7, 11) is 1.67. The minimum Gasteiger partial charge on any atom is -0.381 e. The van der Waals surface area contributed by atoms with Crippen LogP contribution in [-0.4, -0.2) is 55.0 Å². The number of hydrogen-bond acceptors (Lipinski definition) is 4. The van der Waals surface area contributed by atoms with Crippen LogP contribution in [0.4, 0.5) is 0 Å². The molecule has 3 fully saturated rings. The molecule has 0 aromatic carbocycles. The molecule has 0 bridgehead atoms. The van der Waals surface area contributed by atoms with Crippen molar-refractivity contribution in [3.05, 3.63) is 29.6 Å². The van der Waals surface area contributed by atoms with Crippen LogP contribution in [0.25, 0.3) is 0 Å². The summed E-state index contributed by atoms with van der Waals surface area (Å²) in [6, 6.07) is 3.69. The zero-order valence-corrected chi connectivity index (χ0v) is 14.0. The third kappa shape index (κ3) is 2.40. The van der Waals surface area contributed by atoms with Gasteiger partial charge in [-0.05, 0) is 31.4 Å². The molecular weight excluding hydrogens is 306 g/mol. The molecule has 0 radical (unpaired) electrons. The molecule has 3 heterocycles. The maximum Gasteiger partial charge on any atom is 0.255 e. The summed E-state index contributed by atoms with van der Waals surface area (Å²) >= 11 is 0. The van der Waals surface area contributed by atoms with Crippen molar-refractivity contribution in [2.45, 2.75) is 25.2 Å². The molecule has 24 heavy (non-hydrogen) atoms. The van der Waals surface area contributed by atoms with Crippen LogP contribution in [0.15, 0.2) is 18.3 Å². The second kappa shape index (κ2) is 5.84. The van der Waals surface area contributed by atoms with Crippen LogP contribution in [0, 0.1) is 11.3 Å². The van der Waals surface area contributed by atoms with E-state index in [1.807, 2.05) is 17.0 Å². The molecular formula is C18H23N3O3. The van der Waals surface area contributed by atoms with Gasteiger partial charge in [-0.1, -0.05) is 0 Å². The predicted molar refractivity (Wildman–Crippen MR) is 87.5 cm³/mol. The van der Waals surface area contributed by atoms with Crippen molar-refractivity contribution >= 4 is 11.8 Å². The SMILES string of the molecule is CNC(=O)[C@]12CCOC[C@H]1CN(C(=O)c1cccnc1C1CC1)C2. The zero-order valence-electron chi connectivity index (χ0n) is 14.0. The second-order valence-corrected chi connectivity index (χ2v) is 7.15. The lowest BCUT2D eigenvalue weighted by atomic mass is 9.73. The monoisotopic (exact) mass is 329 g/mol. The van der Waals surface area contributed by atoms with Gasteiger partial charge in [0, 0.05) is 44.8 Å². The Bertz CT molecular complexity index is 673. The highest BCUT2D eigenvalue weighted by Gasteiger charge is 2.54. The van der Waals surface area contributed by atoms with Crippen LogP contribution in [0.1, 0.15) is 41.2 Å². The molecule has 4 rings (SSSR count). The van der Waals surface area contributed by atoms with Gasteiger partial charge in [-0.15, -0.1) is 0 Å². The number of nitrogens with zero attached hydrogens (tertiary/aromatic N) is 2. The molecule has 1 aromatic heterocycles. The molecule has 2 aliphatic heterocycles. The summed E-state index contributed by atoms with van der Waals surface area (Å²) in [4.78, 5) is 31.9. The number of hydrogen-bond donors (Lipinski definition) is 1. The van der Waals surface area contributed by atoms with E-state index >= 15 is 0 Å². The first-order valence-electron chi connectivity index (χ1n) is 8.70. The summed E-state index contributed by atoms with van der Waals surface area (Å²) in [5.41, 5.74) is 1.11. The highest BCUT2D eigenvalue weighted by atomic mass is 16.5. The summed E-state index contributed by atoms with van der Waals surface area (Å²) in [6.45, 7) is 2.16. The second-order valence-electron chi connectivity index (χ2n) is 7.15. The number of carbonyl (C=O) groups is 2. The van der Waals surface area contributed by atoms with Crippen LogP contribution >= 0.6 is 0 Å².